The van der Waals surface area contributed by atoms with Crippen molar-refractivity contribution in [1.82, 2.24) is 15.2 Å². The first-order chi connectivity index (χ1) is 11.4. The molecule has 8 heteroatoms. The molecule has 2 bridgehead atoms. The molecule has 2 aromatic rings. The van der Waals surface area contributed by atoms with E-state index in [2.05, 4.69) is 15.2 Å². The molecule has 3 saturated heterocycles. The van der Waals surface area contributed by atoms with Gasteiger partial charge in [-0.3, -0.25) is 4.79 Å². The van der Waals surface area contributed by atoms with Gasteiger partial charge in [-0.05, 0) is 37.9 Å². The highest BCUT2D eigenvalue weighted by atomic mass is 32.2. The first kappa shape index (κ1) is 16.0. The van der Waals surface area contributed by atoms with Crippen LogP contribution in [-0.4, -0.2) is 56.1 Å². The predicted octanol–water partition coefficient (Wildman–Crippen LogP) is 1.52. The number of carbonyl (C=O) groups excluding carboxylic acids is 1. The third kappa shape index (κ3) is 2.82. The molecule has 0 unspecified atom stereocenters. The predicted molar refractivity (Wildman–Crippen MR) is 93.1 cm³/mol. The molecule has 3 fully saturated rings. The highest BCUT2D eigenvalue weighted by Crippen LogP contribution is 2.30. The summed E-state index contributed by atoms with van der Waals surface area (Å²) in [5, 5.41) is 5.28. The molecule has 0 aromatic carbocycles. The molecule has 5 rings (SSSR count). The van der Waals surface area contributed by atoms with E-state index < -0.39 is 9.84 Å². The lowest BCUT2D eigenvalue weighted by atomic mass is 9.84. The van der Waals surface area contributed by atoms with Gasteiger partial charge in [0.1, 0.15) is 5.69 Å². The van der Waals surface area contributed by atoms with Crippen molar-refractivity contribution in [3.63, 3.8) is 0 Å². The van der Waals surface area contributed by atoms with Crippen LogP contribution in [0.25, 0.3) is 10.1 Å². The summed E-state index contributed by atoms with van der Waals surface area (Å²) in [7, 11) is -3.32. The molecule has 6 nitrogen and oxygen atoms in total. The lowest BCUT2D eigenvalue weighted by Crippen LogP contribution is -2.57. The number of nitrogens with zero attached hydrogens (tertiary/aromatic N) is 2. The summed E-state index contributed by atoms with van der Waals surface area (Å²) >= 11 is 1.33. The minimum atomic E-state index is -3.32. The summed E-state index contributed by atoms with van der Waals surface area (Å²) in [6.07, 6.45) is 5.02. The summed E-state index contributed by atoms with van der Waals surface area (Å²) in [5.74, 6) is 0.316. The van der Waals surface area contributed by atoms with Crippen molar-refractivity contribution in [2.75, 3.05) is 25.9 Å². The van der Waals surface area contributed by atoms with Gasteiger partial charge < -0.3 is 10.2 Å². The van der Waals surface area contributed by atoms with Gasteiger partial charge in [-0.2, -0.15) is 0 Å². The van der Waals surface area contributed by atoms with E-state index in [0.29, 0.717) is 11.3 Å². The second-order valence-electron chi connectivity index (χ2n) is 6.66. The van der Waals surface area contributed by atoms with Gasteiger partial charge in [0, 0.05) is 35.8 Å². The molecule has 0 aliphatic carbocycles. The first-order valence-electron chi connectivity index (χ1n) is 8.02. The van der Waals surface area contributed by atoms with Crippen LogP contribution < -0.4 is 5.32 Å². The van der Waals surface area contributed by atoms with Gasteiger partial charge in [0.2, 0.25) is 0 Å². The molecule has 1 N–H and O–H groups in total. The van der Waals surface area contributed by atoms with E-state index in [4.69, 9.17) is 0 Å². The first-order valence-corrected chi connectivity index (χ1v) is 10.8. The van der Waals surface area contributed by atoms with E-state index in [9.17, 15) is 13.2 Å². The van der Waals surface area contributed by atoms with Crippen molar-refractivity contribution in [2.24, 2.45) is 5.92 Å². The molecule has 1 amide bonds. The number of hydrogen-bond acceptors (Lipinski definition) is 6. The Morgan fingerprint density at radius 1 is 1.38 bits per heavy atom. The average molecular weight is 365 g/mol. The molecule has 0 saturated carbocycles. The van der Waals surface area contributed by atoms with Gasteiger partial charge in [-0.1, -0.05) is 0 Å². The fraction of sp³-hybridized carbons (Fsp3) is 0.500. The maximum atomic E-state index is 12.6. The molecule has 0 radical (unpaired) electrons. The number of aromatic nitrogens is 1. The summed E-state index contributed by atoms with van der Waals surface area (Å²) in [5.41, 5.74) is 0.280. The highest BCUT2D eigenvalue weighted by Gasteiger charge is 2.35. The van der Waals surface area contributed by atoms with Crippen molar-refractivity contribution in [1.29, 1.82) is 0 Å². The van der Waals surface area contributed by atoms with Crippen molar-refractivity contribution < 1.29 is 13.2 Å². The summed E-state index contributed by atoms with van der Waals surface area (Å²) in [6.45, 7) is 3.13. The van der Waals surface area contributed by atoms with Crippen molar-refractivity contribution >= 4 is 37.2 Å². The van der Waals surface area contributed by atoms with Gasteiger partial charge in [0.15, 0.2) is 9.84 Å². The number of rotatable bonds is 3. The second-order valence-corrected chi connectivity index (χ2v) is 9.55. The summed E-state index contributed by atoms with van der Waals surface area (Å²) in [6, 6.07) is 1.76. The van der Waals surface area contributed by atoms with Crippen molar-refractivity contribution in [3.8, 4) is 0 Å². The molecule has 128 valence electrons. The molecular formula is C16H19N3O3S2. The van der Waals surface area contributed by atoms with E-state index in [1.165, 1.54) is 17.6 Å². The highest BCUT2D eigenvalue weighted by molar-refractivity contribution is 7.91. The summed E-state index contributed by atoms with van der Waals surface area (Å²) < 4.78 is 24.5. The zero-order chi connectivity index (χ0) is 16.9. The van der Waals surface area contributed by atoms with Gasteiger partial charge in [-0.25, -0.2) is 13.4 Å². The van der Waals surface area contributed by atoms with Crippen LogP contribution in [0.5, 0.6) is 0 Å². The Labute approximate surface area is 144 Å². The Bertz CT molecular complexity index is 898. The third-order valence-corrected chi connectivity index (χ3v) is 7.25. The average Bonchev–Trinajstić information content (AvgIpc) is 2.99. The quantitative estimate of drug-likeness (QED) is 0.892. The SMILES string of the molecule is CS(=O)(=O)c1csc2cnc(C(=O)N[C@H]3CN4CCC3CC4)cc12. The molecule has 0 spiro atoms. The lowest BCUT2D eigenvalue weighted by molar-refractivity contribution is 0.0618. The van der Waals surface area contributed by atoms with Gasteiger partial charge in [0.25, 0.3) is 5.91 Å². The van der Waals surface area contributed by atoms with E-state index in [1.807, 2.05) is 0 Å². The lowest BCUT2D eigenvalue weighted by Gasteiger charge is -2.44. The van der Waals surface area contributed by atoms with Crippen LogP contribution in [-0.2, 0) is 9.84 Å². The molecule has 5 heterocycles. The number of piperidine rings is 3. The maximum absolute atomic E-state index is 12.6. The smallest absolute Gasteiger partial charge is 0.270 e. The molecular weight excluding hydrogens is 346 g/mol. The van der Waals surface area contributed by atoms with Crippen LogP contribution in [0.15, 0.2) is 22.5 Å². The van der Waals surface area contributed by atoms with Crippen LogP contribution in [0.2, 0.25) is 0 Å². The van der Waals surface area contributed by atoms with Gasteiger partial charge in [-0.15, -0.1) is 11.3 Å². The number of fused-ring (bicyclic) bond motifs is 4. The van der Waals surface area contributed by atoms with Crippen LogP contribution in [0, 0.1) is 5.92 Å². The van der Waals surface area contributed by atoms with Gasteiger partial charge in [0.05, 0.1) is 9.60 Å². The zero-order valence-corrected chi connectivity index (χ0v) is 15.0. The standard InChI is InChI=1S/C16H19N3O3S2/c1-24(21,22)15-9-23-14-7-17-12(6-11(14)15)16(20)18-13-8-19-4-2-10(13)3-5-19/h6-7,9-10,13H,2-5,8H2,1H3,(H,18,20)/t13-/m0/s1. The van der Waals surface area contributed by atoms with E-state index in [-0.39, 0.29) is 22.5 Å². The maximum Gasteiger partial charge on any atom is 0.270 e. The van der Waals surface area contributed by atoms with Crippen LogP contribution in [0.3, 0.4) is 0 Å². The van der Waals surface area contributed by atoms with E-state index >= 15 is 0 Å². The fourth-order valence-corrected chi connectivity index (χ4v) is 5.94. The summed E-state index contributed by atoms with van der Waals surface area (Å²) in [4.78, 5) is 19.4. The Hall–Kier alpha value is -1.51. The van der Waals surface area contributed by atoms with Crippen LogP contribution in [0.4, 0.5) is 0 Å². The minimum Gasteiger partial charge on any atom is -0.346 e. The zero-order valence-electron chi connectivity index (χ0n) is 13.4. The molecule has 3 aliphatic rings. The molecule has 3 aliphatic heterocycles. The Morgan fingerprint density at radius 2 is 2.12 bits per heavy atom. The van der Waals surface area contributed by atoms with Crippen molar-refractivity contribution in [3.05, 3.63) is 23.3 Å². The number of hydrogen-bond donors (Lipinski definition) is 1. The van der Waals surface area contributed by atoms with E-state index in [1.54, 1.807) is 17.6 Å². The van der Waals surface area contributed by atoms with E-state index in [0.717, 1.165) is 37.2 Å². The second kappa shape index (κ2) is 5.79. The van der Waals surface area contributed by atoms with Crippen LogP contribution >= 0.6 is 11.3 Å². The minimum absolute atomic E-state index is 0.161. The Morgan fingerprint density at radius 3 is 2.75 bits per heavy atom. The number of amides is 1. The number of nitrogens with one attached hydrogen (secondary N) is 1. The monoisotopic (exact) mass is 365 g/mol. The van der Waals surface area contributed by atoms with Gasteiger partial charge >= 0.3 is 0 Å². The normalized spacial score (nSPS) is 26.6. The largest absolute Gasteiger partial charge is 0.346 e. The number of sulfone groups is 1. The Balaban J connectivity index is 1.60. The number of carbonyl (C=O) groups is 1. The Kier molecular flexibility index (Phi) is 3.85. The topological polar surface area (TPSA) is 79.4 Å². The molecule has 24 heavy (non-hydrogen) atoms. The molecule has 1 atom stereocenters. The number of thiophene rings is 1. The third-order valence-electron chi connectivity index (χ3n) is 5.03. The van der Waals surface area contributed by atoms with Crippen LogP contribution in [0.1, 0.15) is 23.3 Å². The number of pyridine rings is 1. The fourth-order valence-electron chi connectivity index (χ4n) is 3.69. The molecule has 2 aromatic heterocycles. The van der Waals surface area contributed by atoms with Crippen molar-refractivity contribution in [2.45, 2.75) is 23.8 Å².